The molecule has 0 fully saturated rings. The minimum absolute atomic E-state index is 0.0492. The van der Waals surface area contributed by atoms with Gasteiger partial charge >= 0.3 is 5.69 Å². The SMILES string of the molecule is COc1cc(/C=C\c2ccc(OC)c([N+](=O)[O-])c2)cc(OC(C)C)c1. The van der Waals surface area contributed by atoms with Crippen LogP contribution >= 0.6 is 0 Å². The maximum absolute atomic E-state index is 11.1. The molecule has 25 heavy (non-hydrogen) atoms. The highest BCUT2D eigenvalue weighted by molar-refractivity contribution is 5.72. The molecule has 2 rings (SSSR count). The van der Waals surface area contributed by atoms with Gasteiger partial charge in [-0.2, -0.15) is 0 Å². The molecular formula is C19H21NO5. The number of hydrogen-bond donors (Lipinski definition) is 0. The summed E-state index contributed by atoms with van der Waals surface area (Å²) in [5.74, 6) is 1.62. The van der Waals surface area contributed by atoms with Gasteiger partial charge in [0.2, 0.25) is 0 Å². The van der Waals surface area contributed by atoms with Crippen LogP contribution in [-0.2, 0) is 0 Å². The van der Waals surface area contributed by atoms with E-state index in [-0.39, 0.29) is 17.5 Å². The van der Waals surface area contributed by atoms with Gasteiger partial charge in [0.05, 0.1) is 25.2 Å². The second-order valence-electron chi connectivity index (χ2n) is 5.63. The van der Waals surface area contributed by atoms with E-state index in [0.29, 0.717) is 17.1 Å². The van der Waals surface area contributed by atoms with Gasteiger partial charge in [-0.3, -0.25) is 10.1 Å². The number of benzene rings is 2. The standard InChI is InChI=1S/C19H21NO5/c1-13(2)25-17-10-15(9-16(12-17)23-3)6-5-14-7-8-19(24-4)18(11-14)20(21)22/h5-13H,1-4H3/b6-5-. The average Bonchev–Trinajstić information content (AvgIpc) is 2.58. The van der Waals surface area contributed by atoms with Crippen molar-refractivity contribution in [2.24, 2.45) is 0 Å². The first-order valence-corrected chi connectivity index (χ1v) is 7.79. The first-order valence-electron chi connectivity index (χ1n) is 7.79. The summed E-state index contributed by atoms with van der Waals surface area (Å²) in [4.78, 5) is 10.6. The summed E-state index contributed by atoms with van der Waals surface area (Å²) >= 11 is 0. The van der Waals surface area contributed by atoms with Crippen LogP contribution in [-0.4, -0.2) is 25.2 Å². The van der Waals surface area contributed by atoms with Crippen molar-refractivity contribution in [2.45, 2.75) is 20.0 Å². The molecule has 0 aliphatic heterocycles. The molecule has 0 saturated heterocycles. The summed E-state index contributed by atoms with van der Waals surface area (Å²) in [5, 5.41) is 11.1. The van der Waals surface area contributed by atoms with Gasteiger partial charge in [-0.1, -0.05) is 18.2 Å². The molecule has 0 radical (unpaired) electrons. The number of nitro groups is 1. The number of ether oxygens (including phenoxy) is 3. The average molecular weight is 343 g/mol. The Labute approximate surface area is 146 Å². The zero-order chi connectivity index (χ0) is 18.4. The molecule has 0 heterocycles. The molecule has 132 valence electrons. The van der Waals surface area contributed by atoms with Crippen molar-refractivity contribution in [1.29, 1.82) is 0 Å². The molecule has 0 atom stereocenters. The largest absolute Gasteiger partial charge is 0.497 e. The molecule has 0 unspecified atom stereocenters. The van der Waals surface area contributed by atoms with Gasteiger partial charge in [0, 0.05) is 12.1 Å². The van der Waals surface area contributed by atoms with E-state index in [9.17, 15) is 10.1 Å². The van der Waals surface area contributed by atoms with E-state index in [2.05, 4.69) is 0 Å². The van der Waals surface area contributed by atoms with E-state index in [1.165, 1.54) is 13.2 Å². The monoisotopic (exact) mass is 343 g/mol. The highest BCUT2D eigenvalue weighted by Crippen LogP contribution is 2.29. The lowest BCUT2D eigenvalue weighted by Crippen LogP contribution is -2.05. The van der Waals surface area contributed by atoms with Crippen LogP contribution in [0.1, 0.15) is 25.0 Å². The zero-order valence-corrected chi connectivity index (χ0v) is 14.7. The molecule has 0 aliphatic rings. The van der Waals surface area contributed by atoms with Crippen LogP contribution in [0.5, 0.6) is 17.2 Å². The predicted molar refractivity (Wildman–Crippen MR) is 97.3 cm³/mol. The maximum Gasteiger partial charge on any atom is 0.311 e. The van der Waals surface area contributed by atoms with Gasteiger partial charge in [0.15, 0.2) is 5.75 Å². The molecule has 0 aliphatic carbocycles. The van der Waals surface area contributed by atoms with Gasteiger partial charge in [-0.25, -0.2) is 0 Å². The van der Waals surface area contributed by atoms with Crippen LogP contribution in [0.2, 0.25) is 0 Å². The Hall–Kier alpha value is -3.02. The van der Waals surface area contributed by atoms with Gasteiger partial charge in [0.25, 0.3) is 0 Å². The van der Waals surface area contributed by atoms with Crippen LogP contribution in [0.25, 0.3) is 12.2 Å². The van der Waals surface area contributed by atoms with Gasteiger partial charge in [-0.05, 0) is 43.2 Å². The molecule has 0 spiro atoms. The van der Waals surface area contributed by atoms with E-state index >= 15 is 0 Å². The minimum Gasteiger partial charge on any atom is -0.497 e. The van der Waals surface area contributed by atoms with Gasteiger partial charge in [-0.15, -0.1) is 0 Å². The third kappa shape index (κ3) is 4.97. The molecular weight excluding hydrogens is 322 g/mol. The minimum atomic E-state index is -0.462. The third-order valence-electron chi connectivity index (χ3n) is 3.38. The van der Waals surface area contributed by atoms with Crippen LogP contribution in [0.4, 0.5) is 5.69 Å². The van der Waals surface area contributed by atoms with E-state index in [0.717, 1.165) is 5.56 Å². The number of nitro benzene ring substituents is 1. The van der Waals surface area contributed by atoms with Crippen molar-refractivity contribution in [1.82, 2.24) is 0 Å². The quantitative estimate of drug-likeness (QED) is 0.418. The van der Waals surface area contributed by atoms with Gasteiger partial charge < -0.3 is 14.2 Å². The van der Waals surface area contributed by atoms with Crippen LogP contribution < -0.4 is 14.2 Å². The molecule has 0 amide bonds. The van der Waals surface area contributed by atoms with Crippen molar-refractivity contribution < 1.29 is 19.1 Å². The fourth-order valence-corrected chi connectivity index (χ4v) is 2.29. The first-order chi connectivity index (χ1) is 11.9. The fraction of sp³-hybridized carbons (Fsp3) is 0.263. The molecule has 6 nitrogen and oxygen atoms in total. The summed E-state index contributed by atoms with van der Waals surface area (Å²) in [5.41, 5.74) is 1.49. The fourth-order valence-electron chi connectivity index (χ4n) is 2.29. The lowest BCUT2D eigenvalue weighted by Gasteiger charge is -2.12. The summed E-state index contributed by atoms with van der Waals surface area (Å²) in [7, 11) is 3.00. The van der Waals surface area contributed by atoms with E-state index in [1.54, 1.807) is 25.3 Å². The molecule has 2 aromatic carbocycles. The maximum atomic E-state index is 11.1. The normalized spacial score (nSPS) is 10.9. The summed E-state index contributed by atoms with van der Waals surface area (Å²) in [6, 6.07) is 10.4. The Morgan fingerprint density at radius 1 is 0.960 bits per heavy atom. The Morgan fingerprint density at radius 2 is 1.64 bits per heavy atom. The lowest BCUT2D eigenvalue weighted by molar-refractivity contribution is -0.385. The number of hydrogen-bond acceptors (Lipinski definition) is 5. The number of nitrogens with zero attached hydrogens (tertiary/aromatic N) is 1. The molecule has 0 N–H and O–H groups in total. The number of rotatable bonds is 7. The van der Waals surface area contributed by atoms with Crippen molar-refractivity contribution >= 4 is 17.8 Å². The summed E-state index contributed by atoms with van der Waals surface area (Å²) < 4.78 is 16.0. The third-order valence-corrected chi connectivity index (χ3v) is 3.38. The second kappa shape index (κ2) is 8.19. The molecule has 0 bridgehead atoms. The summed E-state index contributed by atoms with van der Waals surface area (Å²) in [6.45, 7) is 3.90. The molecule has 6 heteroatoms. The van der Waals surface area contributed by atoms with Crippen molar-refractivity contribution in [3.05, 3.63) is 57.6 Å². The summed E-state index contributed by atoms with van der Waals surface area (Å²) in [6.07, 6.45) is 3.69. The highest BCUT2D eigenvalue weighted by Gasteiger charge is 2.14. The Bertz CT molecular complexity index is 783. The van der Waals surface area contributed by atoms with E-state index in [1.807, 2.05) is 38.1 Å². The van der Waals surface area contributed by atoms with Crippen LogP contribution in [0.3, 0.4) is 0 Å². The highest BCUT2D eigenvalue weighted by atomic mass is 16.6. The first kappa shape index (κ1) is 18.3. The molecule has 0 saturated carbocycles. The second-order valence-corrected chi connectivity index (χ2v) is 5.63. The topological polar surface area (TPSA) is 70.8 Å². The van der Waals surface area contributed by atoms with Crippen LogP contribution in [0.15, 0.2) is 36.4 Å². The van der Waals surface area contributed by atoms with Crippen molar-refractivity contribution in [2.75, 3.05) is 14.2 Å². The smallest absolute Gasteiger partial charge is 0.311 e. The lowest BCUT2D eigenvalue weighted by atomic mass is 10.1. The van der Waals surface area contributed by atoms with E-state index < -0.39 is 4.92 Å². The van der Waals surface area contributed by atoms with Crippen molar-refractivity contribution in [3.8, 4) is 17.2 Å². The molecule has 0 aromatic heterocycles. The number of methoxy groups -OCH3 is 2. The van der Waals surface area contributed by atoms with Crippen molar-refractivity contribution in [3.63, 3.8) is 0 Å². The Kier molecular flexibility index (Phi) is 6.00. The van der Waals surface area contributed by atoms with E-state index in [4.69, 9.17) is 14.2 Å². The van der Waals surface area contributed by atoms with Crippen LogP contribution in [0, 0.1) is 10.1 Å². The zero-order valence-electron chi connectivity index (χ0n) is 14.7. The Morgan fingerprint density at radius 3 is 2.24 bits per heavy atom. The Balaban J connectivity index is 2.32. The molecule has 2 aromatic rings. The predicted octanol–water partition coefficient (Wildman–Crippen LogP) is 4.57. The van der Waals surface area contributed by atoms with Gasteiger partial charge in [0.1, 0.15) is 11.5 Å².